The van der Waals surface area contributed by atoms with E-state index in [1.165, 1.54) is 47.0 Å². The molecule has 1 aromatic carbocycles. The van der Waals surface area contributed by atoms with Crippen molar-refractivity contribution in [2.75, 3.05) is 23.3 Å². The summed E-state index contributed by atoms with van der Waals surface area (Å²) in [6.07, 6.45) is 4.53. The third kappa shape index (κ3) is 5.06. The molecule has 1 aliphatic carbocycles. The molecule has 2 amide bonds. The maximum atomic E-state index is 14.3. The summed E-state index contributed by atoms with van der Waals surface area (Å²) in [6, 6.07) is 4.22. The SMILES string of the molecule is Cn1cnc2c(c(-c3cc(Cl)c(O)c(C(N)=O)c3)cn2CC(=O)Nc2cc(N3CC4CCC(F)(F)C4C3)ncc2Cl)c1=O. The van der Waals surface area contributed by atoms with E-state index in [4.69, 9.17) is 28.9 Å². The molecule has 0 spiro atoms. The Morgan fingerprint density at radius 1 is 1.19 bits per heavy atom. The molecule has 2 unspecified atom stereocenters. The van der Waals surface area contributed by atoms with E-state index in [-0.39, 0.29) is 57.8 Å². The number of rotatable bonds is 6. The van der Waals surface area contributed by atoms with Crippen LogP contribution in [0, 0.1) is 11.8 Å². The highest BCUT2D eigenvalue weighted by atomic mass is 35.5. The molecular weight excluding hydrogens is 607 g/mol. The van der Waals surface area contributed by atoms with Gasteiger partial charge in [-0.15, -0.1) is 0 Å². The molecule has 224 valence electrons. The summed E-state index contributed by atoms with van der Waals surface area (Å²) < 4.78 is 31.3. The van der Waals surface area contributed by atoms with Crippen molar-refractivity contribution in [2.45, 2.75) is 25.3 Å². The van der Waals surface area contributed by atoms with Gasteiger partial charge in [-0.05, 0) is 30.0 Å². The van der Waals surface area contributed by atoms with Crippen LogP contribution in [-0.2, 0) is 18.4 Å². The molecule has 0 radical (unpaired) electrons. The number of primary amides is 1. The van der Waals surface area contributed by atoms with E-state index in [9.17, 15) is 28.3 Å². The first-order valence-electron chi connectivity index (χ1n) is 13.3. The van der Waals surface area contributed by atoms with Gasteiger partial charge in [-0.3, -0.25) is 14.4 Å². The number of hydrogen-bond donors (Lipinski definition) is 3. The van der Waals surface area contributed by atoms with Crippen molar-refractivity contribution in [1.82, 2.24) is 19.1 Å². The lowest BCUT2D eigenvalue weighted by molar-refractivity contribution is -0.116. The quantitative estimate of drug-likeness (QED) is 0.291. The molecule has 15 heteroatoms. The summed E-state index contributed by atoms with van der Waals surface area (Å²) in [7, 11) is 1.51. The number of pyridine rings is 1. The second-order valence-electron chi connectivity index (χ2n) is 10.9. The Morgan fingerprint density at radius 2 is 1.95 bits per heavy atom. The van der Waals surface area contributed by atoms with Crippen molar-refractivity contribution in [3.8, 4) is 16.9 Å². The molecule has 1 saturated heterocycles. The number of carbonyl (C=O) groups is 2. The number of fused-ring (bicyclic) bond motifs is 2. The van der Waals surface area contributed by atoms with E-state index in [2.05, 4.69) is 15.3 Å². The van der Waals surface area contributed by atoms with E-state index in [0.29, 0.717) is 29.9 Å². The van der Waals surface area contributed by atoms with Crippen LogP contribution in [0.15, 0.2) is 41.7 Å². The van der Waals surface area contributed by atoms with Gasteiger partial charge in [-0.25, -0.2) is 18.7 Å². The van der Waals surface area contributed by atoms with Crippen molar-refractivity contribution in [2.24, 2.45) is 24.6 Å². The fraction of sp³-hybridized carbons (Fsp3) is 0.321. The predicted octanol–water partition coefficient (Wildman–Crippen LogP) is 4.03. The van der Waals surface area contributed by atoms with Crippen molar-refractivity contribution >= 4 is 57.6 Å². The Balaban J connectivity index is 1.30. The summed E-state index contributed by atoms with van der Waals surface area (Å²) in [5.41, 5.74) is 5.77. The lowest BCUT2D eigenvalue weighted by Crippen LogP contribution is -2.29. The molecule has 11 nitrogen and oxygen atoms in total. The molecule has 4 aromatic rings. The van der Waals surface area contributed by atoms with Crippen LogP contribution in [0.4, 0.5) is 20.3 Å². The number of hydrogen-bond acceptors (Lipinski definition) is 7. The van der Waals surface area contributed by atoms with Crippen molar-refractivity contribution in [1.29, 1.82) is 0 Å². The van der Waals surface area contributed by atoms with E-state index in [1.54, 1.807) is 11.0 Å². The Bertz CT molecular complexity index is 1880. The van der Waals surface area contributed by atoms with Gasteiger partial charge in [0.25, 0.3) is 17.4 Å². The lowest BCUT2D eigenvalue weighted by Gasteiger charge is -2.22. The fourth-order valence-electron chi connectivity index (χ4n) is 5.98. The first-order valence-corrected chi connectivity index (χ1v) is 14.0. The second kappa shape index (κ2) is 10.5. The number of aryl methyl sites for hydroxylation is 1. The molecular formula is C28H25Cl2F2N7O4. The number of anilines is 2. The third-order valence-corrected chi connectivity index (χ3v) is 8.75. The smallest absolute Gasteiger partial charge is 0.263 e. The van der Waals surface area contributed by atoms with Gasteiger partial charge in [-0.2, -0.15) is 0 Å². The largest absolute Gasteiger partial charge is 0.506 e. The first kappa shape index (κ1) is 28.9. The van der Waals surface area contributed by atoms with Gasteiger partial charge in [0.05, 0.1) is 39.2 Å². The van der Waals surface area contributed by atoms with Gasteiger partial charge in [0.1, 0.15) is 23.8 Å². The van der Waals surface area contributed by atoms with Crippen molar-refractivity contribution in [3.05, 3.63) is 62.9 Å². The molecule has 4 N–H and O–H groups in total. The summed E-state index contributed by atoms with van der Waals surface area (Å²) in [6.45, 7) is 0.316. The van der Waals surface area contributed by atoms with Crippen molar-refractivity contribution in [3.63, 3.8) is 0 Å². The Labute approximate surface area is 252 Å². The van der Waals surface area contributed by atoms with Gasteiger partial charge in [0, 0.05) is 50.3 Å². The maximum absolute atomic E-state index is 14.3. The number of phenols is 1. The number of nitrogens with one attached hydrogen (secondary N) is 1. The second-order valence-corrected chi connectivity index (χ2v) is 11.7. The zero-order valence-electron chi connectivity index (χ0n) is 22.7. The van der Waals surface area contributed by atoms with Gasteiger partial charge < -0.3 is 30.2 Å². The van der Waals surface area contributed by atoms with Crippen LogP contribution in [0.1, 0.15) is 23.2 Å². The highest BCUT2D eigenvalue weighted by Gasteiger charge is 2.54. The van der Waals surface area contributed by atoms with E-state index in [1.807, 2.05) is 0 Å². The van der Waals surface area contributed by atoms with Gasteiger partial charge in [-0.1, -0.05) is 23.2 Å². The number of nitrogens with zero attached hydrogens (tertiary/aromatic N) is 5. The van der Waals surface area contributed by atoms with E-state index >= 15 is 0 Å². The topological polar surface area (TPSA) is 148 Å². The van der Waals surface area contributed by atoms with Crippen LogP contribution >= 0.6 is 23.2 Å². The normalized spacial score (nSPS) is 19.1. The Hall–Kier alpha value is -4.23. The molecule has 43 heavy (non-hydrogen) atoms. The Kier molecular flexibility index (Phi) is 7.04. The number of alkyl halides is 2. The van der Waals surface area contributed by atoms with Crippen LogP contribution in [-0.4, -0.2) is 55.0 Å². The fourth-order valence-corrected chi connectivity index (χ4v) is 6.35. The number of benzene rings is 1. The monoisotopic (exact) mass is 631 g/mol. The average Bonchev–Trinajstić information content (AvgIpc) is 3.62. The standard InChI is InChI=1S/C28H25Cl2F2N7O4/c1-37-12-35-26-23(27(37)43)16(14-4-15(25(33)42)24(41)18(29)5-14)9-39(26)11-22(40)36-20-6-21(34-7-19(20)30)38-8-13-2-3-28(31,32)17(13)10-38/h4-7,9,12-13,17,41H,2-3,8,10-11H2,1H3,(H2,33,42)(H,34,36,40). The van der Waals surface area contributed by atoms with Crippen LogP contribution in [0.25, 0.3) is 22.2 Å². The summed E-state index contributed by atoms with van der Waals surface area (Å²) >= 11 is 12.5. The number of amides is 2. The highest BCUT2D eigenvalue weighted by Crippen LogP contribution is 2.49. The number of aromatic nitrogens is 4. The summed E-state index contributed by atoms with van der Waals surface area (Å²) in [5, 5.41) is 13.1. The van der Waals surface area contributed by atoms with E-state index < -0.39 is 35.0 Å². The minimum atomic E-state index is -2.71. The van der Waals surface area contributed by atoms with Gasteiger partial charge in [0.15, 0.2) is 0 Å². The Morgan fingerprint density at radius 3 is 2.67 bits per heavy atom. The molecule has 3 aromatic heterocycles. The summed E-state index contributed by atoms with van der Waals surface area (Å²) in [4.78, 5) is 48.7. The lowest BCUT2D eigenvalue weighted by atomic mass is 9.99. The predicted molar refractivity (Wildman–Crippen MR) is 157 cm³/mol. The van der Waals surface area contributed by atoms with Gasteiger partial charge >= 0.3 is 0 Å². The zero-order chi connectivity index (χ0) is 30.8. The van der Waals surface area contributed by atoms with Crippen LogP contribution < -0.4 is 21.5 Å². The van der Waals surface area contributed by atoms with Crippen molar-refractivity contribution < 1.29 is 23.5 Å². The van der Waals surface area contributed by atoms with Gasteiger partial charge in [0.2, 0.25) is 5.91 Å². The molecule has 6 rings (SSSR count). The molecule has 2 atom stereocenters. The zero-order valence-corrected chi connectivity index (χ0v) is 24.2. The van der Waals surface area contributed by atoms with Crippen LogP contribution in [0.5, 0.6) is 5.75 Å². The van der Waals surface area contributed by atoms with Crippen LogP contribution in [0.2, 0.25) is 10.0 Å². The number of nitrogens with two attached hydrogens (primary N) is 1. The molecule has 0 bridgehead atoms. The number of aromatic hydroxyl groups is 1. The molecule has 2 aliphatic rings. The first-order chi connectivity index (χ1) is 20.3. The minimum absolute atomic E-state index is 0.103. The van der Waals surface area contributed by atoms with Crippen LogP contribution in [0.3, 0.4) is 0 Å². The average molecular weight is 632 g/mol. The van der Waals surface area contributed by atoms with E-state index in [0.717, 1.165) is 0 Å². The third-order valence-electron chi connectivity index (χ3n) is 8.16. The molecule has 4 heterocycles. The summed E-state index contributed by atoms with van der Waals surface area (Å²) in [5.74, 6) is -5.06. The molecule has 1 aliphatic heterocycles. The maximum Gasteiger partial charge on any atom is 0.263 e. The number of carbonyl (C=O) groups excluding carboxylic acids is 2. The minimum Gasteiger partial charge on any atom is -0.506 e. The molecule has 2 fully saturated rings. The molecule has 1 saturated carbocycles. The highest BCUT2D eigenvalue weighted by molar-refractivity contribution is 6.34. The number of halogens is 4.